The number of allylic oxidation sites excluding steroid dienone is 2. The van der Waals surface area contributed by atoms with Crippen LogP contribution in [0.1, 0.15) is 204 Å². The SMILES string of the molecule is CC(C)(C)CC(C)(C)c1ccc(-c2cc(-c3ccc(C(C)(C)CC(C)(C)C)cc3)cc(-c3cc(-c4cc(-c5ccc(C(C)(C)CC(C)(C)C)cc5)cc(-c5ccc(C(C)(C)CC(C)(C)C)cc5)c4)cc(-c4ccc5c(c4)C4C=CC=CN4C5)c3)c2)cc1. The van der Waals surface area contributed by atoms with Crippen LogP contribution in [-0.2, 0) is 28.2 Å². The summed E-state index contributed by atoms with van der Waals surface area (Å²) in [4.78, 5) is 2.46. The highest BCUT2D eigenvalue weighted by molar-refractivity contribution is 5.89. The molecule has 87 heavy (non-hydrogen) atoms. The summed E-state index contributed by atoms with van der Waals surface area (Å²) < 4.78 is 0. The molecular formula is C86H103N. The second kappa shape index (κ2) is 23.2. The first-order valence-electron chi connectivity index (χ1n) is 32.6. The molecule has 8 aromatic rings. The van der Waals surface area contributed by atoms with Gasteiger partial charge in [-0.15, -0.1) is 0 Å². The van der Waals surface area contributed by atoms with Crippen LogP contribution in [0.5, 0.6) is 0 Å². The van der Waals surface area contributed by atoms with E-state index in [0.29, 0.717) is 0 Å². The number of hydrogen-bond acceptors (Lipinski definition) is 1. The van der Waals surface area contributed by atoms with E-state index in [2.05, 4.69) is 338 Å². The van der Waals surface area contributed by atoms with Gasteiger partial charge in [-0.25, -0.2) is 0 Å². The summed E-state index contributed by atoms with van der Waals surface area (Å²) in [5, 5.41) is 0. The van der Waals surface area contributed by atoms with Crippen molar-refractivity contribution in [1.29, 1.82) is 0 Å². The van der Waals surface area contributed by atoms with Crippen LogP contribution in [0.2, 0.25) is 0 Å². The molecule has 0 aromatic heterocycles. The van der Waals surface area contributed by atoms with E-state index in [4.69, 9.17) is 0 Å². The van der Waals surface area contributed by atoms with E-state index in [1.165, 1.54) is 111 Å². The van der Waals surface area contributed by atoms with Crippen molar-refractivity contribution in [1.82, 2.24) is 4.90 Å². The van der Waals surface area contributed by atoms with E-state index in [0.717, 1.165) is 32.2 Å². The summed E-state index contributed by atoms with van der Waals surface area (Å²) in [6.07, 6.45) is 13.4. The zero-order chi connectivity index (χ0) is 62.9. The maximum absolute atomic E-state index is 2.48. The van der Waals surface area contributed by atoms with Crippen molar-refractivity contribution in [3.05, 3.63) is 228 Å². The third kappa shape index (κ3) is 15.0. The number of benzene rings is 8. The first kappa shape index (κ1) is 63.1. The third-order valence-electron chi connectivity index (χ3n) is 18.5. The molecule has 1 atom stereocenters. The van der Waals surface area contributed by atoms with Gasteiger partial charge in [-0.3, -0.25) is 0 Å². The highest BCUT2D eigenvalue weighted by atomic mass is 15.2. The average molecular weight is 1150 g/mol. The van der Waals surface area contributed by atoms with Crippen LogP contribution in [0.15, 0.2) is 194 Å². The molecule has 10 rings (SSSR count). The molecule has 0 aliphatic carbocycles. The maximum atomic E-state index is 2.48. The van der Waals surface area contributed by atoms with Gasteiger partial charge in [-0.2, -0.15) is 0 Å². The van der Waals surface area contributed by atoms with Crippen LogP contribution in [0.4, 0.5) is 0 Å². The van der Waals surface area contributed by atoms with Crippen molar-refractivity contribution >= 4 is 0 Å². The van der Waals surface area contributed by atoms with Gasteiger partial charge in [-0.05, 0) is 247 Å². The van der Waals surface area contributed by atoms with E-state index in [-0.39, 0.29) is 49.4 Å². The van der Waals surface area contributed by atoms with Crippen LogP contribution in [-0.4, -0.2) is 4.90 Å². The normalized spacial score (nSPS) is 15.0. The fraction of sp³-hybridized carbons (Fsp3) is 0.395. The molecule has 0 bridgehead atoms. The average Bonchev–Trinajstić information content (AvgIpc) is 2.10. The molecule has 0 radical (unpaired) electrons. The van der Waals surface area contributed by atoms with Crippen LogP contribution >= 0.6 is 0 Å². The highest BCUT2D eigenvalue weighted by Gasteiger charge is 2.32. The lowest BCUT2D eigenvalue weighted by Gasteiger charge is -2.33. The van der Waals surface area contributed by atoms with Gasteiger partial charge in [0.1, 0.15) is 0 Å². The van der Waals surface area contributed by atoms with Gasteiger partial charge in [0, 0.05) is 12.7 Å². The summed E-state index contributed by atoms with van der Waals surface area (Å²) in [6, 6.07) is 67.6. The molecule has 1 unspecified atom stereocenters. The Morgan fingerprint density at radius 3 is 0.782 bits per heavy atom. The van der Waals surface area contributed by atoms with Gasteiger partial charge < -0.3 is 4.90 Å². The second-order valence-corrected chi connectivity index (χ2v) is 33.9. The lowest BCUT2D eigenvalue weighted by atomic mass is 9.72. The minimum Gasteiger partial charge on any atom is -0.363 e. The van der Waals surface area contributed by atoms with Crippen molar-refractivity contribution in [2.24, 2.45) is 21.7 Å². The summed E-state index contributed by atoms with van der Waals surface area (Å²) >= 11 is 0. The molecule has 0 saturated carbocycles. The fourth-order valence-corrected chi connectivity index (χ4v) is 15.9. The van der Waals surface area contributed by atoms with Crippen molar-refractivity contribution in [3.8, 4) is 77.9 Å². The van der Waals surface area contributed by atoms with Crippen LogP contribution in [0, 0.1) is 21.7 Å². The van der Waals surface area contributed by atoms with Gasteiger partial charge in [0.15, 0.2) is 0 Å². The third-order valence-corrected chi connectivity index (χ3v) is 18.5. The first-order chi connectivity index (χ1) is 40.5. The van der Waals surface area contributed by atoms with Gasteiger partial charge in [0.05, 0.1) is 6.04 Å². The first-order valence-corrected chi connectivity index (χ1v) is 32.6. The fourth-order valence-electron chi connectivity index (χ4n) is 15.9. The molecule has 0 N–H and O–H groups in total. The standard InChI is InChI=1S/C86H103N/c1-79(2,3)54-83(13,14)73-34-26-58(27-35-73)64-43-65(59-28-36-74(37-29-59)84(15,16)55-80(4,5)6)46-69(45-64)71-49-68(62-24-25-63-53-87-42-22-21-23-78(87)77(63)52-62)50-72(51-71)70-47-66(60-30-38-75(39-31-60)85(17,18)56-81(7,8)9)44-67(48-70)61-32-40-76(41-33-61)86(19,20)57-82(10,11)12/h21-52,78H,53-57H2,1-20H3. The van der Waals surface area contributed by atoms with Crippen molar-refractivity contribution in [2.45, 2.75) is 198 Å². The minimum absolute atomic E-state index is 0.0407. The monoisotopic (exact) mass is 1150 g/mol. The van der Waals surface area contributed by atoms with Gasteiger partial charge >= 0.3 is 0 Å². The predicted octanol–water partition coefficient (Wildman–Crippen LogP) is 25.2. The zero-order valence-electron chi connectivity index (χ0n) is 57.0. The molecule has 1 heteroatoms. The van der Waals surface area contributed by atoms with E-state index in [1.54, 1.807) is 0 Å². The minimum atomic E-state index is 0.0407. The predicted molar refractivity (Wildman–Crippen MR) is 379 cm³/mol. The molecule has 2 aliphatic heterocycles. The van der Waals surface area contributed by atoms with E-state index in [9.17, 15) is 0 Å². The summed E-state index contributed by atoms with van der Waals surface area (Å²) in [7, 11) is 0. The van der Waals surface area contributed by atoms with E-state index in [1.807, 2.05) is 0 Å². The van der Waals surface area contributed by atoms with Crippen molar-refractivity contribution in [3.63, 3.8) is 0 Å². The molecule has 1 nitrogen and oxygen atoms in total. The van der Waals surface area contributed by atoms with Gasteiger partial charge in [0.25, 0.3) is 0 Å². The molecule has 452 valence electrons. The Balaban J connectivity index is 1.18. The quantitative estimate of drug-likeness (QED) is 0.0989. The Hall–Kier alpha value is -6.96. The summed E-state index contributed by atoms with van der Waals surface area (Å²) in [5.74, 6) is 0. The number of hydrogen-bond donors (Lipinski definition) is 0. The summed E-state index contributed by atoms with van der Waals surface area (Å²) in [6.45, 7) is 48.4. The Kier molecular flexibility index (Phi) is 16.8. The maximum Gasteiger partial charge on any atom is 0.0731 e. The smallest absolute Gasteiger partial charge is 0.0731 e. The molecule has 2 aliphatic rings. The Morgan fingerprint density at radius 1 is 0.276 bits per heavy atom. The molecule has 0 spiro atoms. The van der Waals surface area contributed by atoms with E-state index < -0.39 is 0 Å². The molecule has 8 aromatic carbocycles. The Bertz CT molecular complexity index is 3430. The van der Waals surface area contributed by atoms with Crippen molar-refractivity contribution < 1.29 is 0 Å². The zero-order valence-corrected chi connectivity index (χ0v) is 57.0. The van der Waals surface area contributed by atoms with Crippen molar-refractivity contribution in [2.75, 3.05) is 0 Å². The Labute approximate surface area is 527 Å². The topological polar surface area (TPSA) is 3.24 Å². The van der Waals surface area contributed by atoms with Crippen LogP contribution in [0.25, 0.3) is 77.9 Å². The van der Waals surface area contributed by atoms with E-state index >= 15 is 0 Å². The lowest BCUT2D eigenvalue weighted by molar-refractivity contribution is 0.283. The summed E-state index contributed by atoms with van der Waals surface area (Å²) in [5.41, 5.74) is 26.3. The molecular weight excluding hydrogens is 1050 g/mol. The highest BCUT2D eigenvalue weighted by Crippen LogP contribution is 2.46. The van der Waals surface area contributed by atoms with Gasteiger partial charge in [0.2, 0.25) is 0 Å². The molecule has 0 amide bonds. The van der Waals surface area contributed by atoms with Gasteiger partial charge in [-0.1, -0.05) is 260 Å². The largest absolute Gasteiger partial charge is 0.363 e. The number of rotatable bonds is 15. The van der Waals surface area contributed by atoms with Crippen LogP contribution < -0.4 is 0 Å². The Morgan fingerprint density at radius 2 is 0.517 bits per heavy atom. The molecule has 2 heterocycles. The van der Waals surface area contributed by atoms with Crippen LogP contribution in [0.3, 0.4) is 0 Å². The lowest BCUT2D eigenvalue weighted by Crippen LogP contribution is -2.24. The molecule has 0 fully saturated rings. The molecule has 0 saturated heterocycles. The number of nitrogens with zero attached hydrogens (tertiary/aromatic N) is 1. The number of fused-ring (bicyclic) bond motifs is 3. The second-order valence-electron chi connectivity index (χ2n) is 33.9.